The molecule has 0 aromatic carbocycles. The highest BCUT2D eigenvalue weighted by atomic mass is 16.4. The molecule has 116 valence electrons. The minimum Gasteiger partial charge on any atom is -0.465 e. The van der Waals surface area contributed by atoms with Crippen LogP contribution in [0.1, 0.15) is 31.5 Å². The Morgan fingerprint density at radius 2 is 1.86 bits per heavy atom. The zero-order valence-electron chi connectivity index (χ0n) is 12.8. The van der Waals surface area contributed by atoms with E-state index < -0.39 is 6.09 Å². The topological polar surface area (TPSA) is 90.4 Å². The van der Waals surface area contributed by atoms with Crippen molar-refractivity contribution >= 4 is 17.7 Å². The second-order valence-electron chi connectivity index (χ2n) is 5.70. The highest BCUT2D eigenvalue weighted by molar-refractivity contribution is 5.64. The highest BCUT2D eigenvalue weighted by Crippen LogP contribution is 2.23. The summed E-state index contributed by atoms with van der Waals surface area (Å²) in [7, 11) is 3.91. The molecule has 1 fully saturated rings. The van der Waals surface area contributed by atoms with Gasteiger partial charge in [-0.3, -0.25) is 0 Å². The zero-order valence-corrected chi connectivity index (χ0v) is 12.8. The smallest absolute Gasteiger partial charge is 0.404 e. The van der Waals surface area contributed by atoms with Crippen LogP contribution in [0.5, 0.6) is 0 Å². The largest absolute Gasteiger partial charge is 0.465 e. The maximum absolute atomic E-state index is 10.6. The van der Waals surface area contributed by atoms with Gasteiger partial charge in [-0.25, -0.2) is 14.8 Å². The van der Waals surface area contributed by atoms with Crippen molar-refractivity contribution in [2.24, 2.45) is 0 Å². The fourth-order valence-electron chi connectivity index (χ4n) is 2.62. The van der Waals surface area contributed by atoms with Gasteiger partial charge in [0.25, 0.3) is 0 Å². The zero-order chi connectivity index (χ0) is 15.4. The van der Waals surface area contributed by atoms with Crippen LogP contribution < -0.4 is 15.5 Å². The van der Waals surface area contributed by atoms with E-state index in [0.717, 1.165) is 43.1 Å². The molecule has 0 aliphatic heterocycles. The van der Waals surface area contributed by atoms with E-state index in [2.05, 4.69) is 20.6 Å². The van der Waals surface area contributed by atoms with E-state index in [9.17, 15) is 4.79 Å². The highest BCUT2D eigenvalue weighted by Gasteiger charge is 2.22. The first-order valence-electron chi connectivity index (χ1n) is 7.23. The fraction of sp³-hybridized carbons (Fsp3) is 0.643. The maximum atomic E-state index is 10.6. The molecule has 1 aliphatic carbocycles. The molecule has 1 heterocycles. The van der Waals surface area contributed by atoms with Crippen LogP contribution in [-0.2, 0) is 0 Å². The van der Waals surface area contributed by atoms with Crippen LogP contribution in [-0.4, -0.2) is 47.3 Å². The molecule has 3 N–H and O–H groups in total. The first kappa shape index (κ1) is 15.3. The van der Waals surface area contributed by atoms with Crippen molar-refractivity contribution < 1.29 is 9.90 Å². The van der Waals surface area contributed by atoms with Gasteiger partial charge < -0.3 is 20.6 Å². The van der Waals surface area contributed by atoms with Gasteiger partial charge in [0.2, 0.25) is 0 Å². The van der Waals surface area contributed by atoms with E-state index in [1.807, 2.05) is 32.0 Å². The molecule has 7 nitrogen and oxygen atoms in total. The van der Waals surface area contributed by atoms with Gasteiger partial charge in [0.1, 0.15) is 17.5 Å². The number of hydrogen-bond acceptors (Lipinski definition) is 5. The average Bonchev–Trinajstić information content (AvgIpc) is 2.39. The SMILES string of the molecule is Cc1nc(NC2CCC(NC(=O)O)CC2)cc(N(C)C)n1. The summed E-state index contributed by atoms with van der Waals surface area (Å²) in [6, 6.07) is 2.35. The minimum atomic E-state index is -0.937. The number of anilines is 2. The number of aromatic nitrogens is 2. The van der Waals surface area contributed by atoms with Crippen LogP contribution in [0.3, 0.4) is 0 Å². The van der Waals surface area contributed by atoms with Crippen LogP contribution in [0.4, 0.5) is 16.4 Å². The Labute approximate surface area is 124 Å². The van der Waals surface area contributed by atoms with Gasteiger partial charge in [-0.05, 0) is 32.6 Å². The third-order valence-corrected chi connectivity index (χ3v) is 3.69. The lowest BCUT2D eigenvalue weighted by atomic mass is 9.91. The second-order valence-corrected chi connectivity index (χ2v) is 5.70. The Morgan fingerprint density at radius 1 is 1.24 bits per heavy atom. The Kier molecular flexibility index (Phi) is 4.82. The van der Waals surface area contributed by atoms with Crippen molar-refractivity contribution in [1.29, 1.82) is 0 Å². The number of rotatable bonds is 4. The molecular weight excluding hydrogens is 270 g/mol. The number of aryl methyl sites for hydroxylation is 1. The van der Waals surface area contributed by atoms with Crippen LogP contribution >= 0.6 is 0 Å². The molecule has 0 unspecified atom stereocenters. The molecule has 0 bridgehead atoms. The third kappa shape index (κ3) is 4.47. The summed E-state index contributed by atoms with van der Waals surface area (Å²) in [5, 5.41) is 14.7. The molecule has 0 spiro atoms. The number of carbonyl (C=O) groups is 1. The van der Waals surface area contributed by atoms with Crippen molar-refractivity contribution in [2.45, 2.75) is 44.7 Å². The Morgan fingerprint density at radius 3 is 2.43 bits per heavy atom. The molecule has 1 aliphatic rings. The first-order valence-corrected chi connectivity index (χ1v) is 7.23. The lowest BCUT2D eigenvalue weighted by molar-refractivity contribution is 0.185. The number of hydrogen-bond donors (Lipinski definition) is 3. The monoisotopic (exact) mass is 293 g/mol. The van der Waals surface area contributed by atoms with Crippen molar-refractivity contribution in [1.82, 2.24) is 15.3 Å². The minimum absolute atomic E-state index is 0.0741. The Hall–Kier alpha value is -2.05. The molecule has 2 rings (SSSR count). The quantitative estimate of drug-likeness (QED) is 0.785. The number of nitrogens with one attached hydrogen (secondary N) is 2. The van der Waals surface area contributed by atoms with E-state index >= 15 is 0 Å². The van der Waals surface area contributed by atoms with Gasteiger partial charge in [0.05, 0.1) is 0 Å². The summed E-state index contributed by atoms with van der Waals surface area (Å²) >= 11 is 0. The van der Waals surface area contributed by atoms with Crippen LogP contribution in [0.15, 0.2) is 6.07 Å². The summed E-state index contributed by atoms with van der Waals surface area (Å²) in [6.07, 6.45) is 2.65. The molecule has 1 amide bonds. The molecule has 1 saturated carbocycles. The van der Waals surface area contributed by atoms with Gasteiger partial charge in [-0.2, -0.15) is 0 Å². The van der Waals surface area contributed by atoms with Gasteiger partial charge in [-0.15, -0.1) is 0 Å². The normalized spacial score (nSPS) is 21.7. The lowest BCUT2D eigenvalue weighted by Crippen LogP contribution is -2.39. The summed E-state index contributed by atoms with van der Waals surface area (Å²) in [6.45, 7) is 1.88. The predicted molar refractivity (Wildman–Crippen MR) is 81.9 cm³/mol. The second kappa shape index (κ2) is 6.60. The molecule has 0 atom stereocenters. The summed E-state index contributed by atoms with van der Waals surface area (Å²) < 4.78 is 0. The van der Waals surface area contributed by atoms with E-state index in [0.29, 0.717) is 6.04 Å². The fourth-order valence-corrected chi connectivity index (χ4v) is 2.62. The van der Waals surface area contributed by atoms with Crippen LogP contribution in [0.25, 0.3) is 0 Å². The van der Waals surface area contributed by atoms with Crippen molar-refractivity contribution in [2.75, 3.05) is 24.3 Å². The third-order valence-electron chi connectivity index (χ3n) is 3.69. The summed E-state index contributed by atoms with van der Waals surface area (Å²) in [5.41, 5.74) is 0. The van der Waals surface area contributed by atoms with Crippen LogP contribution in [0.2, 0.25) is 0 Å². The number of amides is 1. The molecular formula is C14H23N5O2. The number of nitrogens with zero attached hydrogens (tertiary/aromatic N) is 3. The van der Waals surface area contributed by atoms with E-state index in [-0.39, 0.29) is 6.04 Å². The van der Waals surface area contributed by atoms with E-state index in [1.54, 1.807) is 0 Å². The Bertz CT molecular complexity index is 498. The maximum Gasteiger partial charge on any atom is 0.404 e. The van der Waals surface area contributed by atoms with Crippen molar-refractivity contribution in [3.8, 4) is 0 Å². The average molecular weight is 293 g/mol. The first-order chi connectivity index (χ1) is 9.94. The van der Waals surface area contributed by atoms with Crippen LogP contribution in [0, 0.1) is 6.92 Å². The van der Waals surface area contributed by atoms with Gasteiger partial charge >= 0.3 is 6.09 Å². The summed E-state index contributed by atoms with van der Waals surface area (Å²) in [5.74, 6) is 2.46. The molecule has 0 radical (unpaired) electrons. The van der Waals surface area contributed by atoms with Gasteiger partial charge in [0.15, 0.2) is 0 Å². The molecule has 1 aromatic heterocycles. The van der Waals surface area contributed by atoms with Gasteiger partial charge in [0, 0.05) is 32.2 Å². The lowest BCUT2D eigenvalue weighted by Gasteiger charge is -2.29. The predicted octanol–water partition coefficient (Wildman–Crippen LogP) is 1.84. The van der Waals surface area contributed by atoms with E-state index in [4.69, 9.17) is 5.11 Å². The molecule has 7 heteroatoms. The molecule has 0 saturated heterocycles. The van der Waals surface area contributed by atoms with Crippen molar-refractivity contribution in [3.63, 3.8) is 0 Å². The van der Waals surface area contributed by atoms with Gasteiger partial charge in [-0.1, -0.05) is 0 Å². The van der Waals surface area contributed by atoms with Crippen molar-refractivity contribution in [3.05, 3.63) is 11.9 Å². The summed E-state index contributed by atoms with van der Waals surface area (Å²) in [4.78, 5) is 21.4. The standard InChI is InChI=1S/C14H23N5O2/c1-9-15-12(8-13(16-9)19(2)3)17-10-4-6-11(7-5-10)18-14(20)21/h8,10-11,18H,4-7H2,1-3H3,(H,20,21)(H,15,16,17). The molecule has 21 heavy (non-hydrogen) atoms. The Balaban J connectivity index is 1.93. The molecule has 1 aromatic rings. The number of carboxylic acid groups (broad SMARTS) is 1. The van der Waals surface area contributed by atoms with E-state index in [1.165, 1.54) is 0 Å².